The van der Waals surface area contributed by atoms with Crippen molar-refractivity contribution >= 4 is 21.6 Å². The van der Waals surface area contributed by atoms with E-state index in [4.69, 9.17) is 4.42 Å². The second kappa shape index (κ2) is 8.23. The highest BCUT2D eigenvalue weighted by Crippen LogP contribution is 2.30. The third-order valence-electron chi connectivity index (χ3n) is 4.72. The van der Waals surface area contributed by atoms with E-state index in [0.717, 1.165) is 12.0 Å². The molecule has 0 spiro atoms. The average molecular weight is 433 g/mol. The van der Waals surface area contributed by atoms with Gasteiger partial charge in [-0.3, -0.25) is 10.2 Å². The van der Waals surface area contributed by atoms with Crippen molar-refractivity contribution < 1.29 is 17.6 Å². The quantitative estimate of drug-likeness (QED) is 0.629. The highest BCUT2D eigenvalue weighted by atomic mass is 32.2. The smallest absolute Gasteiger partial charge is 0.301 e. The normalized spacial score (nSPS) is 15.7. The number of hydrogen-bond acceptors (Lipinski definition) is 6. The van der Waals surface area contributed by atoms with Crippen molar-refractivity contribution in [1.29, 1.82) is 0 Å². The van der Waals surface area contributed by atoms with E-state index in [2.05, 4.69) is 20.8 Å². The summed E-state index contributed by atoms with van der Waals surface area (Å²) in [5, 5.41) is 4.19. The van der Waals surface area contributed by atoms with Crippen molar-refractivity contribution in [2.45, 2.75) is 64.3 Å². The number of rotatable bonds is 5. The number of aryl methyl sites for hydroxylation is 2. The number of carbonyl (C=O) groups excluding carboxylic acids is 1. The maximum atomic E-state index is 12.6. The summed E-state index contributed by atoms with van der Waals surface area (Å²) >= 11 is 0. The topological polar surface area (TPSA) is 113 Å². The zero-order valence-electron chi connectivity index (χ0n) is 17.9. The fourth-order valence-electron chi connectivity index (χ4n) is 3.18. The molecule has 1 heterocycles. The molecular weight excluding hydrogens is 404 g/mol. The average Bonchev–Trinajstić information content (AvgIpc) is 3.02. The molecule has 2 aromatic rings. The fourth-order valence-corrected chi connectivity index (χ4v) is 4.01. The molecule has 1 aliphatic rings. The molecule has 0 fully saturated rings. The first-order valence-electron chi connectivity index (χ1n) is 9.83. The summed E-state index contributed by atoms with van der Waals surface area (Å²) < 4.78 is 30.9. The maximum absolute atomic E-state index is 12.6. The Kier molecular flexibility index (Phi) is 6.05. The minimum absolute atomic E-state index is 0.144. The summed E-state index contributed by atoms with van der Waals surface area (Å²) in [6, 6.07) is 6.55. The number of furan rings is 1. The first kappa shape index (κ1) is 22.0. The molecule has 1 aliphatic carbocycles. The van der Waals surface area contributed by atoms with Crippen LogP contribution >= 0.6 is 0 Å². The molecule has 30 heavy (non-hydrogen) atoms. The summed E-state index contributed by atoms with van der Waals surface area (Å²) in [6.07, 6.45) is 2.01. The molecule has 0 unspecified atom stereocenters. The van der Waals surface area contributed by atoms with Gasteiger partial charge in [-0.1, -0.05) is 17.7 Å². The van der Waals surface area contributed by atoms with Gasteiger partial charge < -0.3 is 4.42 Å². The van der Waals surface area contributed by atoms with Gasteiger partial charge in [-0.25, -0.2) is 5.43 Å². The first-order valence-corrected chi connectivity index (χ1v) is 11.3. The van der Waals surface area contributed by atoms with E-state index in [-0.39, 0.29) is 22.1 Å². The number of benzene rings is 1. The van der Waals surface area contributed by atoms with Crippen LogP contribution in [0.15, 0.2) is 38.7 Å². The van der Waals surface area contributed by atoms with Crippen LogP contribution in [0, 0.1) is 13.8 Å². The predicted molar refractivity (Wildman–Crippen MR) is 115 cm³/mol. The third kappa shape index (κ3) is 4.91. The Balaban J connectivity index is 1.85. The van der Waals surface area contributed by atoms with E-state index in [1.807, 2.05) is 27.7 Å². The van der Waals surface area contributed by atoms with Gasteiger partial charge in [-0.15, -0.1) is 0 Å². The minimum Gasteiger partial charge on any atom is -0.455 e. The number of carbonyl (C=O) groups is 1. The van der Waals surface area contributed by atoms with Gasteiger partial charge in [0.05, 0.1) is 10.6 Å². The van der Waals surface area contributed by atoms with E-state index < -0.39 is 10.0 Å². The number of hydrazine groups is 1. The van der Waals surface area contributed by atoms with Gasteiger partial charge in [0.1, 0.15) is 5.76 Å². The highest BCUT2D eigenvalue weighted by molar-refractivity contribution is 7.89. The Morgan fingerprint density at radius 2 is 1.77 bits per heavy atom. The van der Waals surface area contributed by atoms with Crippen molar-refractivity contribution in [3.05, 3.63) is 52.5 Å². The molecule has 9 heteroatoms. The Morgan fingerprint density at radius 1 is 1.10 bits per heavy atom. The van der Waals surface area contributed by atoms with Crippen LogP contribution in [-0.4, -0.2) is 25.6 Å². The van der Waals surface area contributed by atoms with Crippen molar-refractivity contribution in [2.75, 3.05) is 0 Å². The Labute approximate surface area is 177 Å². The highest BCUT2D eigenvalue weighted by Gasteiger charge is 2.28. The van der Waals surface area contributed by atoms with Gasteiger partial charge in [-0.2, -0.15) is 18.4 Å². The molecule has 1 amide bonds. The van der Waals surface area contributed by atoms with Crippen molar-refractivity contribution in [3.8, 4) is 0 Å². The third-order valence-corrected chi connectivity index (χ3v) is 5.94. The Bertz CT molecular complexity index is 1080. The van der Waals surface area contributed by atoms with E-state index >= 15 is 0 Å². The van der Waals surface area contributed by atoms with Gasteiger partial charge in [0.2, 0.25) is 0 Å². The van der Waals surface area contributed by atoms with E-state index in [1.165, 1.54) is 12.1 Å². The molecule has 3 N–H and O–H groups in total. The number of nitrogens with one attached hydrogen (secondary N) is 3. The number of sulfonamides is 1. The second-order valence-corrected chi connectivity index (χ2v) is 10.2. The van der Waals surface area contributed by atoms with Crippen molar-refractivity contribution in [2.24, 2.45) is 5.10 Å². The SMILES string of the molecule is Cc1ccc(S(=O)(=O)N/N=C2\CCCc3oc(C(=O)NNC(C)(C)C)c(C)c32)cc1. The summed E-state index contributed by atoms with van der Waals surface area (Å²) in [4.78, 5) is 15.0. The van der Waals surface area contributed by atoms with Crippen molar-refractivity contribution in [1.82, 2.24) is 15.7 Å². The van der Waals surface area contributed by atoms with Crippen LogP contribution in [0.3, 0.4) is 0 Å². The Morgan fingerprint density at radius 3 is 2.40 bits per heavy atom. The van der Waals surface area contributed by atoms with Crippen LogP contribution in [0.2, 0.25) is 0 Å². The van der Waals surface area contributed by atoms with Crippen LogP contribution < -0.4 is 15.7 Å². The molecule has 0 atom stereocenters. The van der Waals surface area contributed by atoms with Crippen molar-refractivity contribution in [3.63, 3.8) is 0 Å². The lowest BCUT2D eigenvalue weighted by Gasteiger charge is -2.20. The molecule has 0 radical (unpaired) electrons. The fraction of sp³-hybridized carbons (Fsp3) is 0.429. The summed E-state index contributed by atoms with van der Waals surface area (Å²) in [7, 11) is -3.78. The van der Waals surface area contributed by atoms with Gasteiger partial charge in [0.25, 0.3) is 10.0 Å². The van der Waals surface area contributed by atoms with Crippen LogP contribution in [0.1, 0.15) is 66.6 Å². The number of hydrogen-bond donors (Lipinski definition) is 3. The molecule has 162 valence electrons. The van der Waals surface area contributed by atoms with E-state index in [0.29, 0.717) is 35.4 Å². The van der Waals surface area contributed by atoms with Crippen LogP contribution in [0.4, 0.5) is 0 Å². The lowest BCUT2D eigenvalue weighted by molar-refractivity contribution is 0.0883. The molecule has 0 bridgehead atoms. The summed E-state index contributed by atoms with van der Waals surface area (Å²) in [5.74, 6) is 0.470. The molecule has 8 nitrogen and oxygen atoms in total. The summed E-state index contributed by atoms with van der Waals surface area (Å²) in [5.41, 5.74) is 8.16. The van der Waals surface area contributed by atoms with Gasteiger partial charge in [0, 0.05) is 23.1 Å². The molecular formula is C21H28N4O4S. The lowest BCUT2D eigenvalue weighted by atomic mass is 9.93. The standard InChI is InChI=1S/C21H28N4O4S/c1-13-9-11-15(12-10-13)30(27,28)25-22-16-7-6-8-17-18(16)14(2)19(29-17)20(26)23-24-21(3,4)5/h9-12,24-25H,6-8H2,1-5H3,(H,23,26)/b22-16+. The predicted octanol–water partition coefficient (Wildman–Crippen LogP) is 2.95. The molecule has 1 aromatic heterocycles. The molecule has 0 saturated carbocycles. The zero-order chi connectivity index (χ0) is 22.1. The molecule has 3 rings (SSSR count). The second-order valence-electron chi connectivity index (χ2n) is 8.50. The van der Waals surface area contributed by atoms with Crippen LogP contribution in [-0.2, 0) is 16.4 Å². The van der Waals surface area contributed by atoms with Gasteiger partial charge in [-0.05, 0) is 59.6 Å². The lowest BCUT2D eigenvalue weighted by Crippen LogP contribution is -2.48. The van der Waals surface area contributed by atoms with E-state index in [9.17, 15) is 13.2 Å². The first-order chi connectivity index (χ1) is 14.0. The largest absolute Gasteiger partial charge is 0.455 e. The van der Waals surface area contributed by atoms with Gasteiger partial charge >= 0.3 is 5.91 Å². The number of fused-ring (bicyclic) bond motifs is 1. The molecule has 0 aliphatic heterocycles. The minimum atomic E-state index is -3.78. The monoisotopic (exact) mass is 432 g/mol. The zero-order valence-corrected chi connectivity index (χ0v) is 18.7. The number of amides is 1. The van der Waals surface area contributed by atoms with Crippen LogP contribution in [0.25, 0.3) is 0 Å². The number of hydrazone groups is 1. The maximum Gasteiger partial charge on any atom is 0.301 e. The van der Waals surface area contributed by atoms with E-state index in [1.54, 1.807) is 19.1 Å². The summed E-state index contributed by atoms with van der Waals surface area (Å²) in [6.45, 7) is 9.46. The number of nitrogens with zero attached hydrogens (tertiary/aromatic N) is 1. The molecule has 0 saturated heterocycles. The Hall–Kier alpha value is -2.65. The molecule has 1 aromatic carbocycles. The van der Waals surface area contributed by atoms with Crippen LogP contribution in [0.5, 0.6) is 0 Å². The van der Waals surface area contributed by atoms with Gasteiger partial charge in [0.15, 0.2) is 5.76 Å².